The number of carboxylic acids is 1. The number of allylic oxidation sites excluding steroid dienone is 4. The molecule has 0 amide bonds. The largest absolute Gasteiger partial charge is 0.480 e. The summed E-state index contributed by atoms with van der Waals surface area (Å²) in [5, 5.41) is 9.95. The molecule has 0 saturated carbocycles. The lowest BCUT2D eigenvalue weighted by Crippen LogP contribution is -2.12. The quantitative estimate of drug-likeness (QED) is 0.648. The number of thioether (sulfide) groups is 1. The van der Waals surface area contributed by atoms with Crippen LogP contribution in [0.4, 0.5) is 0 Å². The first-order chi connectivity index (χ1) is 5.30. The van der Waals surface area contributed by atoms with Crippen molar-refractivity contribution in [1.29, 1.82) is 0 Å². The van der Waals surface area contributed by atoms with Gasteiger partial charge in [0.15, 0.2) is 0 Å². The Morgan fingerprint density at radius 3 is 2.73 bits per heavy atom. The lowest BCUT2D eigenvalue weighted by Gasteiger charge is -2.02. The van der Waals surface area contributed by atoms with Gasteiger partial charge in [0.05, 0.1) is 0 Å². The summed E-state index contributed by atoms with van der Waals surface area (Å²) in [5.74, 6) is -0.800. The van der Waals surface area contributed by atoms with Gasteiger partial charge in [0.25, 0.3) is 0 Å². The summed E-state index contributed by atoms with van der Waals surface area (Å²) in [6, 6.07) is 0. The van der Waals surface area contributed by atoms with Gasteiger partial charge in [-0.3, -0.25) is 4.79 Å². The van der Waals surface area contributed by atoms with Crippen LogP contribution in [0.1, 0.15) is 0 Å². The van der Waals surface area contributed by atoms with E-state index < -0.39 is 11.2 Å². The molecule has 2 nitrogen and oxygen atoms in total. The van der Waals surface area contributed by atoms with Gasteiger partial charge in [-0.25, -0.2) is 0 Å². The predicted octanol–water partition coefficient (Wildman–Crippen LogP) is 1.81. The highest BCUT2D eigenvalue weighted by Gasteiger charge is 2.11. The first kappa shape index (κ1) is 8.14. The van der Waals surface area contributed by atoms with E-state index in [9.17, 15) is 4.79 Å². The van der Waals surface area contributed by atoms with E-state index in [1.165, 1.54) is 11.8 Å². The highest BCUT2D eigenvalue weighted by atomic mass is 32.2. The number of carboxylic acid groups (broad SMARTS) is 1. The van der Waals surface area contributed by atoms with Crippen LogP contribution in [0.15, 0.2) is 35.8 Å². The molecule has 0 aromatic heterocycles. The van der Waals surface area contributed by atoms with Crippen molar-refractivity contribution in [3.8, 4) is 0 Å². The topological polar surface area (TPSA) is 37.3 Å². The zero-order valence-corrected chi connectivity index (χ0v) is 6.62. The van der Waals surface area contributed by atoms with Crippen LogP contribution in [0.3, 0.4) is 0 Å². The van der Waals surface area contributed by atoms with Crippen LogP contribution in [0.2, 0.25) is 0 Å². The minimum absolute atomic E-state index is 0.448. The van der Waals surface area contributed by atoms with Crippen LogP contribution >= 0.6 is 11.8 Å². The molecule has 1 aliphatic heterocycles. The molecule has 1 heterocycles. The van der Waals surface area contributed by atoms with Crippen LogP contribution in [0, 0.1) is 0 Å². The normalized spacial score (nSPS) is 22.7. The molecule has 0 spiro atoms. The molecule has 1 atom stereocenters. The Bertz CT molecular complexity index is 228. The molecule has 1 aliphatic rings. The molecular weight excluding hydrogens is 160 g/mol. The second kappa shape index (κ2) is 4.03. The van der Waals surface area contributed by atoms with Crippen LogP contribution in [-0.4, -0.2) is 16.3 Å². The van der Waals surface area contributed by atoms with E-state index in [-0.39, 0.29) is 0 Å². The Balaban J connectivity index is 2.68. The fourth-order valence-corrected chi connectivity index (χ4v) is 1.30. The monoisotopic (exact) mass is 168 g/mol. The van der Waals surface area contributed by atoms with Gasteiger partial charge in [0.1, 0.15) is 5.25 Å². The molecule has 1 unspecified atom stereocenters. The summed E-state index contributed by atoms with van der Waals surface area (Å²) in [4.78, 5) is 10.5. The fraction of sp³-hybridized carbons (Fsp3) is 0.125. The van der Waals surface area contributed by atoms with E-state index >= 15 is 0 Å². The summed E-state index contributed by atoms with van der Waals surface area (Å²) < 4.78 is 0. The molecule has 11 heavy (non-hydrogen) atoms. The van der Waals surface area contributed by atoms with Crippen LogP contribution in [-0.2, 0) is 4.79 Å². The van der Waals surface area contributed by atoms with Gasteiger partial charge >= 0.3 is 5.97 Å². The van der Waals surface area contributed by atoms with Crippen molar-refractivity contribution in [1.82, 2.24) is 0 Å². The Kier molecular flexibility index (Phi) is 2.98. The SMILES string of the molecule is O=C(O)C1C=CC=CC=CS1. The van der Waals surface area contributed by atoms with Crippen molar-refractivity contribution >= 4 is 17.7 Å². The molecule has 3 heteroatoms. The van der Waals surface area contributed by atoms with Crippen molar-refractivity contribution in [2.75, 3.05) is 0 Å². The molecule has 58 valence electrons. The lowest BCUT2D eigenvalue weighted by atomic mass is 10.3. The van der Waals surface area contributed by atoms with Gasteiger partial charge in [-0.15, -0.1) is 11.8 Å². The summed E-state index contributed by atoms with van der Waals surface area (Å²) in [5.41, 5.74) is 0. The van der Waals surface area contributed by atoms with Crippen molar-refractivity contribution in [2.45, 2.75) is 5.25 Å². The maximum absolute atomic E-state index is 10.5. The van der Waals surface area contributed by atoms with E-state index in [2.05, 4.69) is 0 Å². The summed E-state index contributed by atoms with van der Waals surface area (Å²) in [6.45, 7) is 0. The molecule has 0 aromatic rings. The van der Waals surface area contributed by atoms with Gasteiger partial charge < -0.3 is 5.11 Å². The minimum atomic E-state index is -0.800. The summed E-state index contributed by atoms with van der Waals surface area (Å²) in [6.07, 6.45) is 8.90. The zero-order valence-electron chi connectivity index (χ0n) is 5.81. The van der Waals surface area contributed by atoms with Crippen LogP contribution < -0.4 is 0 Å². The Labute approximate surface area is 69.3 Å². The Morgan fingerprint density at radius 1 is 1.27 bits per heavy atom. The molecule has 0 bridgehead atoms. The van der Waals surface area contributed by atoms with Crippen LogP contribution in [0.25, 0.3) is 0 Å². The maximum atomic E-state index is 10.5. The first-order valence-electron chi connectivity index (χ1n) is 3.19. The average molecular weight is 168 g/mol. The predicted molar refractivity (Wildman–Crippen MR) is 46.4 cm³/mol. The summed E-state index contributed by atoms with van der Waals surface area (Å²) in [7, 11) is 0. The third-order valence-electron chi connectivity index (χ3n) is 1.17. The summed E-state index contributed by atoms with van der Waals surface area (Å²) >= 11 is 1.29. The molecular formula is C8H8O2S. The Morgan fingerprint density at radius 2 is 2.00 bits per heavy atom. The van der Waals surface area contributed by atoms with E-state index in [4.69, 9.17) is 5.11 Å². The number of hydrogen-bond donors (Lipinski definition) is 1. The van der Waals surface area contributed by atoms with Gasteiger partial charge in [-0.1, -0.05) is 30.4 Å². The number of aliphatic carboxylic acids is 1. The van der Waals surface area contributed by atoms with Crippen molar-refractivity contribution < 1.29 is 9.90 Å². The molecule has 0 aliphatic carbocycles. The van der Waals surface area contributed by atoms with Crippen molar-refractivity contribution in [3.05, 3.63) is 35.8 Å². The minimum Gasteiger partial charge on any atom is -0.480 e. The zero-order chi connectivity index (χ0) is 8.10. The molecule has 0 aromatic carbocycles. The molecule has 1 rings (SSSR count). The van der Waals surface area contributed by atoms with Crippen LogP contribution in [0.5, 0.6) is 0 Å². The standard InChI is InChI=1S/C8H8O2S/c9-8(10)7-5-3-1-2-4-6-11-7/h1-7H,(H,9,10). The number of hydrogen-bond acceptors (Lipinski definition) is 2. The van der Waals surface area contributed by atoms with Gasteiger partial charge in [-0.2, -0.15) is 0 Å². The smallest absolute Gasteiger partial charge is 0.320 e. The highest BCUT2D eigenvalue weighted by molar-refractivity contribution is 8.03. The van der Waals surface area contributed by atoms with Gasteiger partial charge in [-0.05, 0) is 5.41 Å². The Hall–Kier alpha value is -0.960. The third kappa shape index (κ3) is 2.63. The number of carbonyl (C=O) groups is 1. The van der Waals surface area contributed by atoms with E-state index in [1.807, 2.05) is 18.2 Å². The van der Waals surface area contributed by atoms with Crippen molar-refractivity contribution in [3.63, 3.8) is 0 Å². The first-order valence-corrected chi connectivity index (χ1v) is 4.13. The molecule has 0 fully saturated rings. The van der Waals surface area contributed by atoms with E-state index in [1.54, 1.807) is 17.6 Å². The van der Waals surface area contributed by atoms with Crippen molar-refractivity contribution in [2.24, 2.45) is 0 Å². The molecule has 0 saturated heterocycles. The molecule has 0 radical (unpaired) electrons. The average Bonchev–Trinajstić information content (AvgIpc) is 1.84. The van der Waals surface area contributed by atoms with E-state index in [0.29, 0.717) is 0 Å². The third-order valence-corrected chi connectivity index (χ3v) is 2.13. The molecule has 1 N–H and O–H groups in total. The van der Waals surface area contributed by atoms with Gasteiger partial charge in [0.2, 0.25) is 0 Å². The maximum Gasteiger partial charge on any atom is 0.320 e. The fourth-order valence-electron chi connectivity index (χ4n) is 0.655. The highest BCUT2D eigenvalue weighted by Crippen LogP contribution is 2.15. The van der Waals surface area contributed by atoms with Gasteiger partial charge in [0, 0.05) is 0 Å². The number of rotatable bonds is 1. The van der Waals surface area contributed by atoms with E-state index in [0.717, 1.165) is 0 Å². The lowest BCUT2D eigenvalue weighted by molar-refractivity contribution is -0.135. The second-order valence-electron chi connectivity index (χ2n) is 1.99. The second-order valence-corrected chi connectivity index (χ2v) is 3.05.